The first-order valence-corrected chi connectivity index (χ1v) is 3.54. The Bertz CT molecular complexity index is 271. The molecule has 0 saturated carbocycles. The van der Waals surface area contributed by atoms with Crippen LogP contribution >= 0.6 is 0 Å². The maximum absolute atomic E-state index is 11.1. The largest absolute Gasteiger partial charge is 0.722 e. The van der Waals surface area contributed by atoms with Crippen molar-refractivity contribution in [2.75, 3.05) is 0 Å². The summed E-state index contributed by atoms with van der Waals surface area (Å²) < 4.78 is 0. The molecule has 1 heterocycles. The molecule has 0 spiro atoms. The lowest BCUT2D eigenvalue weighted by atomic mass is 10.1. The van der Waals surface area contributed by atoms with E-state index in [0.29, 0.717) is 4.86 Å². The normalized spacial score (nSPS) is 13.4. The Hall–Kier alpha value is -1.46. The molecule has 0 aliphatic rings. The Morgan fingerprint density at radius 3 is 2.67 bits per heavy atom. The van der Waals surface area contributed by atoms with E-state index in [1.54, 1.807) is 0 Å². The summed E-state index contributed by atoms with van der Waals surface area (Å²) in [7, 11) is 0. The fourth-order valence-electron chi connectivity index (χ4n) is 0.611. The monoisotopic (exact) mass is 169 g/mol. The first-order chi connectivity index (χ1) is 5.49. The summed E-state index contributed by atoms with van der Waals surface area (Å²) in [5, 5.41) is 20.9. The van der Waals surface area contributed by atoms with Gasteiger partial charge in [-0.2, -0.15) is 0 Å². The second kappa shape index (κ2) is 2.88. The van der Waals surface area contributed by atoms with Gasteiger partial charge in [0, 0.05) is 0 Å². The van der Waals surface area contributed by atoms with Gasteiger partial charge in [0.25, 0.3) is 0 Å². The highest BCUT2D eigenvalue weighted by atomic mass is 16.5. The third-order valence-corrected chi connectivity index (χ3v) is 0.974. The maximum Gasteiger partial charge on any atom is 0.437 e. The number of nitrogens with zero attached hydrogens (tertiary/aromatic N) is 4. The van der Waals surface area contributed by atoms with Gasteiger partial charge in [-0.3, -0.25) is 0 Å². The van der Waals surface area contributed by atoms with E-state index in [9.17, 15) is 5.21 Å². The molecule has 66 valence electrons. The van der Waals surface area contributed by atoms with Crippen molar-refractivity contribution < 1.29 is 4.86 Å². The summed E-state index contributed by atoms with van der Waals surface area (Å²) in [6.07, 6.45) is 1.26. The van der Waals surface area contributed by atoms with Crippen molar-refractivity contribution in [3.8, 4) is 0 Å². The predicted molar refractivity (Wildman–Crippen MR) is 41.9 cm³/mol. The number of rotatable bonds is 1. The van der Waals surface area contributed by atoms with E-state index in [1.807, 2.05) is 20.8 Å². The lowest BCUT2D eigenvalue weighted by Crippen LogP contribution is -2.13. The zero-order valence-corrected chi connectivity index (χ0v) is 7.27. The molecule has 0 fully saturated rings. The molecule has 1 N–H and O–H groups in total. The summed E-state index contributed by atoms with van der Waals surface area (Å²) in [5.41, 5.74) is -0.408. The van der Waals surface area contributed by atoms with Gasteiger partial charge in [-0.15, -0.1) is 15.1 Å². The van der Waals surface area contributed by atoms with Gasteiger partial charge < -0.3 is 5.21 Å². The van der Waals surface area contributed by atoms with Crippen molar-refractivity contribution in [2.24, 2.45) is 5.11 Å². The fourth-order valence-corrected chi connectivity index (χ4v) is 0.611. The summed E-state index contributed by atoms with van der Waals surface area (Å²) in [4.78, 5) is 4.09. The number of nitrogens with one attached hydrogen (secondary N) is 1. The van der Waals surface area contributed by atoms with Gasteiger partial charge in [0.15, 0.2) is 0 Å². The molecule has 6 nitrogen and oxygen atoms in total. The summed E-state index contributed by atoms with van der Waals surface area (Å²) in [6, 6.07) is 0. The highest BCUT2D eigenvalue weighted by Crippen LogP contribution is 2.10. The lowest BCUT2D eigenvalue weighted by molar-refractivity contribution is -0.457. The minimum atomic E-state index is -0.408. The number of azo groups is 1. The first-order valence-electron chi connectivity index (χ1n) is 3.54. The van der Waals surface area contributed by atoms with E-state index in [0.717, 1.165) is 0 Å². The van der Waals surface area contributed by atoms with Crippen LogP contribution in [0.3, 0.4) is 0 Å². The minimum Gasteiger partial charge on any atom is -0.722 e. The maximum atomic E-state index is 11.1. The van der Waals surface area contributed by atoms with Crippen LogP contribution in [0.15, 0.2) is 11.4 Å². The van der Waals surface area contributed by atoms with Gasteiger partial charge in [0.05, 0.1) is 5.54 Å². The molecule has 1 aromatic rings. The molecular weight excluding hydrogens is 158 g/mol. The Morgan fingerprint density at radius 2 is 2.25 bits per heavy atom. The zero-order valence-electron chi connectivity index (χ0n) is 7.27. The highest BCUT2D eigenvalue weighted by molar-refractivity contribution is 4.95. The fraction of sp³-hybridized carbons (Fsp3) is 0.667. The molecule has 1 rings (SSSR count). The number of hydrogen-bond acceptors (Lipinski definition) is 4. The van der Waals surface area contributed by atoms with Gasteiger partial charge in [-0.1, -0.05) is 10.1 Å². The van der Waals surface area contributed by atoms with E-state index in [4.69, 9.17) is 0 Å². The van der Waals surface area contributed by atoms with Crippen molar-refractivity contribution in [1.82, 2.24) is 15.2 Å². The van der Waals surface area contributed by atoms with E-state index in [1.165, 1.54) is 6.33 Å². The molecule has 0 saturated heterocycles. The quantitative estimate of drug-likeness (QED) is 0.389. The average Bonchev–Trinajstić information content (AvgIpc) is 2.32. The van der Waals surface area contributed by atoms with Gasteiger partial charge in [-0.05, 0) is 20.8 Å². The van der Waals surface area contributed by atoms with Gasteiger partial charge in [-0.25, -0.2) is 0 Å². The van der Waals surface area contributed by atoms with Crippen molar-refractivity contribution >= 4 is 5.95 Å². The SMILES string of the molecule is CC(C)(C)N=[N+]([O-])c1ncn[nH]1. The Balaban J connectivity index is 2.85. The van der Waals surface area contributed by atoms with Gasteiger partial charge in [0.2, 0.25) is 6.33 Å². The van der Waals surface area contributed by atoms with Crippen LogP contribution in [0.4, 0.5) is 5.95 Å². The third-order valence-electron chi connectivity index (χ3n) is 0.974. The molecule has 12 heavy (non-hydrogen) atoms. The smallest absolute Gasteiger partial charge is 0.437 e. The molecule has 0 bridgehead atoms. The molecular formula is C6H11N5O. The molecule has 1 aromatic heterocycles. The van der Waals surface area contributed by atoms with Crippen molar-refractivity contribution in [3.05, 3.63) is 11.5 Å². The minimum absolute atomic E-state index is 0.102. The second-order valence-corrected chi connectivity index (χ2v) is 3.35. The van der Waals surface area contributed by atoms with E-state index < -0.39 is 5.54 Å². The van der Waals surface area contributed by atoms with Crippen molar-refractivity contribution in [3.63, 3.8) is 0 Å². The molecule has 0 atom stereocenters. The van der Waals surface area contributed by atoms with Crippen LogP contribution < -0.4 is 0 Å². The van der Waals surface area contributed by atoms with Gasteiger partial charge in [0.1, 0.15) is 0 Å². The van der Waals surface area contributed by atoms with Crippen LogP contribution in [0.2, 0.25) is 0 Å². The third kappa shape index (κ3) is 2.30. The number of aromatic amines is 1. The molecule has 0 radical (unpaired) electrons. The van der Waals surface area contributed by atoms with E-state index >= 15 is 0 Å². The molecule has 0 aliphatic heterocycles. The van der Waals surface area contributed by atoms with Crippen LogP contribution in [0.5, 0.6) is 0 Å². The van der Waals surface area contributed by atoms with Crippen LogP contribution in [0.1, 0.15) is 20.8 Å². The highest BCUT2D eigenvalue weighted by Gasteiger charge is 2.12. The number of hydrogen-bond donors (Lipinski definition) is 1. The van der Waals surface area contributed by atoms with Crippen LogP contribution in [0, 0.1) is 5.21 Å². The standard InChI is InChI=1S/C6H11N5O/c1-6(2,3)10-11(12)5-7-4-8-9-5/h4H,1-3H3,(H,7,8,9). The number of H-pyrrole nitrogens is 1. The molecule has 0 aromatic carbocycles. The number of aromatic nitrogens is 3. The average molecular weight is 169 g/mol. The predicted octanol–water partition coefficient (Wildman–Crippen LogP) is 1.20. The van der Waals surface area contributed by atoms with Crippen molar-refractivity contribution in [2.45, 2.75) is 26.3 Å². The zero-order chi connectivity index (χ0) is 9.19. The first kappa shape index (κ1) is 8.63. The van der Waals surface area contributed by atoms with Crippen LogP contribution in [0.25, 0.3) is 0 Å². The molecule has 0 amide bonds. The van der Waals surface area contributed by atoms with Crippen molar-refractivity contribution in [1.29, 1.82) is 0 Å². The second-order valence-electron chi connectivity index (χ2n) is 3.35. The summed E-state index contributed by atoms with van der Waals surface area (Å²) >= 11 is 0. The van der Waals surface area contributed by atoms with E-state index in [2.05, 4.69) is 20.3 Å². The van der Waals surface area contributed by atoms with Crippen LogP contribution in [-0.2, 0) is 0 Å². The summed E-state index contributed by atoms with van der Waals surface area (Å²) in [6.45, 7) is 5.48. The summed E-state index contributed by atoms with van der Waals surface area (Å²) in [5.74, 6) is 0.102. The lowest BCUT2D eigenvalue weighted by Gasteiger charge is -2.12. The Morgan fingerprint density at radius 1 is 1.58 bits per heavy atom. The van der Waals surface area contributed by atoms with E-state index in [-0.39, 0.29) is 5.95 Å². The van der Waals surface area contributed by atoms with Gasteiger partial charge >= 0.3 is 5.95 Å². The van der Waals surface area contributed by atoms with Crippen LogP contribution in [-0.4, -0.2) is 25.6 Å². The Labute approximate surface area is 69.9 Å². The molecule has 6 heteroatoms. The molecule has 0 aliphatic carbocycles. The topological polar surface area (TPSA) is 80.0 Å². The molecule has 0 unspecified atom stereocenters. The Kier molecular flexibility index (Phi) is 2.07.